The van der Waals surface area contributed by atoms with Gasteiger partial charge in [-0.3, -0.25) is 0 Å². The van der Waals surface area contributed by atoms with Gasteiger partial charge in [-0.25, -0.2) is 4.98 Å². The minimum absolute atomic E-state index is 0.114. The molecule has 1 N–H and O–H groups in total. The van der Waals surface area contributed by atoms with E-state index in [1.165, 1.54) is 0 Å². The van der Waals surface area contributed by atoms with Gasteiger partial charge in [-0.15, -0.1) is 0 Å². The summed E-state index contributed by atoms with van der Waals surface area (Å²) in [7, 11) is 0. The Morgan fingerprint density at radius 1 is 1.06 bits per heavy atom. The maximum atomic E-state index is 8.94. The van der Waals surface area contributed by atoms with Crippen LogP contribution in [0.5, 0.6) is 11.6 Å². The molecular formula is C13H13NO2. The first-order chi connectivity index (χ1) is 7.90. The Bertz CT molecular complexity index is 443. The van der Waals surface area contributed by atoms with Crippen molar-refractivity contribution in [3.63, 3.8) is 0 Å². The minimum atomic E-state index is 0.114. The first-order valence-corrected chi connectivity index (χ1v) is 5.18. The van der Waals surface area contributed by atoms with Gasteiger partial charge in [0.05, 0.1) is 0 Å². The number of aliphatic hydroxyl groups excluding tert-OH is 1. The van der Waals surface area contributed by atoms with Crippen LogP contribution in [0, 0.1) is 0 Å². The lowest BCUT2D eigenvalue weighted by atomic mass is 10.1. The zero-order chi connectivity index (χ0) is 11.2. The Morgan fingerprint density at radius 3 is 2.62 bits per heavy atom. The van der Waals surface area contributed by atoms with Crippen molar-refractivity contribution in [3.05, 3.63) is 54.2 Å². The quantitative estimate of drug-likeness (QED) is 0.851. The van der Waals surface area contributed by atoms with Gasteiger partial charge in [0.1, 0.15) is 5.75 Å². The lowest BCUT2D eigenvalue weighted by molar-refractivity contribution is 0.297. The molecule has 82 valence electrons. The van der Waals surface area contributed by atoms with Gasteiger partial charge in [0.15, 0.2) is 0 Å². The van der Waals surface area contributed by atoms with Crippen molar-refractivity contribution >= 4 is 0 Å². The van der Waals surface area contributed by atoms with Crippen molar-refractivity contribution in [2.45, 2.75) is 6.42 Å². The van der Waals surface area contributed by atoms with E-state index in [9.17, 15) is 0 Å². The first-order valence-electron chi connectivity index (χ1n) is 5.18. The number of aliphatic hydroxyl groups is 1. The number of hydrogen-bond acceptors (Lipinski definition) is 3. The van der Waals surface area contributed by atoms with Crippen LogP contribution >= 0.6 is 0 Å². The largest absolute Gasteiger partial charge is 0.439 e. The zero-order valence-corrected chi connectivity index (χ0v) is 8.84. The number of ether oxygens (including phenoxy) is 1. The lowest BCUT2D eigenvalue weighted by Crippen LogP contribution is -1.95. The van der Waals surface area contributed by atoms with Gasteiger partial charge < -0.3 is 9.84 Å². The number of aromatic nitrogens is 1. The third-order valence-electron chi connectivity index (χ3n) is 2.21. The van der Waals surface area contributed by atoms with Gasteiger partial charge >= 0.3 is 0 Å². The van der Waals surface area contributed by atoms with E-state index < -0.39 is 0 Å². The molecule has 16 heavy (non-hydrogen) atoms. The fraction of sp³-hybridized carbons (Fsp3) is 0.154. The second-order valence-corrected chi connectivity index (χ2v) is 3.35. The van der Waals surface area contributed by atoms with Gasteiger partial charge in [0, 0.05) is 18.9 Å². The molecule has 3 heteroatoms. The van der Waals surface area contributed by atoms with Gasteiger partial charge in [0.2, 0.25) is 5.88 Å². The van der Waals surface area contributed by atoms with E-state index in [0.29, 0.717) is 12.3 Å². The molecule has 1 aromatic heterocycles. The maximum Gasteiger partial charge on any atom is 0.219 e. The number of para-hydroxylation sites is 1. The standard InChI is InChI=1S/C13H13NO2/c15-10-8-11-5-1-2-6-12(11)16-13-7-3-4-9-14-13/h1-7,9,15H,8,10H2. The van der Waals surface area contributed by atoms with Crippen molar-refractivity contribution in [2.75, 3.05) is 6.61 Å². The highest BCUT2D eigenvalue weighted by atomic mass is 16.5. The highest BCUT2D eigenvalue weighted by Crippen LogP contribution is 2.23. The zero-order valence-electron chi connectivity index (χ0n) is 8.84. The topological polar surface area (TPSA) is 42.4 Å². The van der Waals surface area contributed by atoms with Crippen LogP contribution < -0.4 is 4.74 Å². The van der Waals surface area contributed by atoms with Crippen molar-refractivity contribution in [2.24, 2.45) is 0 Å². The highest BCUT2D eigenvalue weighted by molar-refractivity contribution is 5.36. The van der Waals surface area contributed by atoms with Crippen LogP contribution in [0.15, 0.2) is 48.7 Å². The normalized spacial score (nSPS) is 10.1. The Labute approximate surface area is 94.3 Å². The summed E-state index contributed by atoms with van der Waals surface area (Å²) < 4.78 is 5.64. The Morgan fingerprint density at radius 2 is 1.88 bits per heavy atom. The lowest BCUT2D eigenvalue weighted by Gasteiger charge is -2.08. The molecule has 0 saturated heterocycles. The molecule has 0 bridgehead atoms. The van der Waals surface area contributed by atoms with Gasteiger partial charge in [0.25, 0.3) is 0 Å². The van der Waals surface area contributed by atoms with Crippen LogP contribution in [0.3, 0.4) is 0 Å². The molecule has 0 amide bonds. The van der Waals surface area contributed by atoms with Crippen molar-refractivity contribution in [1.29, 1.82) is 0 Å². The summed E-state index contributed by atoms with van der Waals surface area (Å²) in [5.41, 5.74) is 0.982. The molecular weight excluding hydrogens is 202 g/mol. The van der Waals surface area contributed by atoms with E-state index in [2.05, 4.69) is 4.98 Å². The van der Waals surface area contributed by atoms with E-state index in [1.54, 1.807) is 12.3 Å². The number of benzene rings is 1. The summed E-state index contributed by atoms with van der Waals surface area (Å²) in [5.74, 6) is 1.31. The first kappa shape index (κ1) is 10.6. The van der Waals surface area contributed by atoms with Gasteiger partial charge in [-0.2, -0.15) is 0 Å². The highest BCUT2D eigenvalue weighted by Gasteiger charge is 2.03. The van der Waals surface area contributed by atoms with Crippen LogP contribution in [0.25, 0.3) is 0 Å². The summed E-state index contributed by atoms with van der Waals surface area (Å²) in [5, 5.41) is 8.94. The average Bonchev–Trinajstić information content (AvgIpc) is 2.33. The summed E-state index contributed by atoms with van der Waals surface area (Å²) in [4.78, 5) is 4.09. The van der Waals surface area contributed by atoms with Crippen LogP contribution in [0.1, 0.15) is 5.56 Å². The van der Waals surface area contributed by atoms with Crippen LogP contribution in [0.2, 0.25) is 0 Å². The molecule has 0 aliphatic rings. The molecule has 1 aromatic carbocycles. The molecule has 0 aliphatic carbocycles. The molecule has 1 heterocycles. The monoisotopic (exact) mass is 215 g/mol. The number of pyridine rings is 1. The molecule has 3 nitrogen and oxygen atoms in total. The molecule has 0 radical (unpaired) electrons. The number of nitrogens with zero attached hydrogens (tertiary/aromatic N) is 1. The van der Waals surface area contributed by atoms with Gasteiger partial charge in [-0.05, 0) is 24.1 Å². The predicted molar refractivity (Wildman–Crippen MR) is 61.5 cm³/mol. The number of hydrogen-bond donors (Lipinski definition) is 1. The van der Waals surface area contributed by atoms with E-state index in [0.717, 1.165) is 11.3 Å². The molecule has 0 atom stereocenters. The second-order valence-electron chi connectivity index (χ2n) is 3.35. The van der Waals surface area contributed by atoms with E-state index >= 15 is 0 Å². The minimum Gasteiger partial charge on any atom is -0.439 e. The molecule has 0 spiro atoms. The molecule has 2 rings (SSSR count). The van der Waals surface area contributed by atoms with E-state index in [-0.39, 0.29) is 6.61 Å². The second kappa shape index (κ2) is 5.28. The van der Waals surface area contributed by atoms with Crippen molar-refractivity contribution in [3.8, 4) is 11.6 Å². The summed E-state index contributed by atoms with van der Waals surface area (Å²) in [6.45, 7) is 0.114. The summed E-state index contributed by atoms with van der Waals surface area (Å²) >= 11 is 0. The smallest absolute Gasteiger partial charge is 0.219 e. The number of rotatable bonds is 4. The third kappa shape index (κ3) is 2.58. The SMILES string of the molecule is OCCc1ccccc1Oc1ccccn1. The van der Waals surface area contributed by atoms with E-state index in [4.69, 9.17) is 9.84 Å². The third-order valence-corrected chi connectivity index (χ3v) is 2.21. The Balaban J connectivity index is 2.21. The predicted octanol–water partition coefficient (Wildman–Crippen LogP) is 2.41. The fourth-order valence-electron chi connectivity index (χ4n) is 1.45. The maximum absolute atomic E-state index is 8.94. The van der Waals surface area contributed by atoms with E-state index in [1.807, 2.05) is 36.4 Å². The van der Waals surface area contributed by atoms with Crippen molar-refractivity contribution < 1.29 is 9.84 Å². The molecule has 0 fully saturated rings. The summed E-state index contributed by atoms with van der Waals surface area (Å²) in [6, 6.07) is 13.2. The molecule has 0 aliphatic heterocycles. The molecule has 0 saturated carbocycles. The van der Waals surface area contributed by atoms with Crippen LogP contribution in [0.4, 0.5) is 0 Å². The fourth-order valence-corrected chi connectivity index (χ4v) is 1.45. The van der Waals surface area contributed by atoms with Crippen LogP contribution in [-0.2, 0) is 6.42 Å². The average molecular weight is 215 g/mol. The Kier molecular flexibility index (Phi) is 3.51. The molecule has 0 unspecified atom stereocenters. The Hall–Kier alpha value is -1.87. The summed E-state index contributed by atoms with van der Waals surface area (Å²) in [6.07, 6.45) is 2.27. The molecule has 2 aromatic rings. The van der Waals surface area contributed by atoms with Gasteiger partial charge in [-0.1, -0.05) is 24.3 Å². The van der Waals surface area contributed by atoms with Crippen molar-refractivity contribution in [1.82, 2.24) is 4.98 Å². The van der Waals surface area contributed by atoms with Crippen LogP contribution in [-0.4, -0.2) is 16.7 Å².